The van der Waals surface area contributed by atoms with Crippen molar-refractivity contribution >= 4 is 28.6 Å². The second-order valence-corrected chi connectivity index (χ2v) is 9.19. The summed E-state index contributed by atoms with van der Waals surface area (Å²) in [6.45, 7) is 6.24. The Morgan fingerprint density at radius 2 is 1.81 bits per heavy atom. The minimum Gasteiger partial charge on any atom is -0.497 e. The molecule has 0 spiro atoms. The molecule has 0 radical (unpaired) electrons. The van der Waals surface area contributed by atoms with Crippen LogP contribution in [-0.4, -0.2) is 22.4 Å². The number of nitrogens with one attached hydrogen (secondary N) is 1. The Labute approximate surface area is 216 Å². The van der Waals surface area contributed by atoms with Crippen LogP contribution in [0, 0.1) is 6.92 Å². The van der Waals surface area contributed by atoms with Gasteiger partial charge in [0.05, 0.1) is 18.7 Å². The Morgan fingerprint density at radius 3 is 2.53 bits per heavy atom. The van der Waals surface area contributed by atoms with Crippen LogP contribution in [0.25, 0.3) is 17.0 Å². The molecule has 36 heavy (non-hydrogen) atoms. The molecule has 7 heteroatoms. The maximum atomic E-state index is 5.88. The standard InChI is InChI=1S/C29H28N4O2S/c1-5-20-12-14-21(15-13-20)27-31-28(35-32-27)25-19(3)33(23-10-6-8-18(2)16-23)29(36)30-26(25)22-9-7-11-24(17-22)34-4/h6-17,26H,5H2,1-4H3,(H,30,36). The van der Waals surface area contributed by atoms with E-state index in [2.05, 4.69) is 48.6 Å². The Morgan fingerprint density at radius 1 is 1.03 bits per heavy atom. The highest BCUT2D eigenvalue weighted by atomic mass is 32.1. The molecular weight excluding hydrogens is 468 g/mol. The lowest BCUT2D eigenvalue weighted by Gasteiger charge is -2.37. The van der Waals surface area contributed by atoms with Gasteiger partial charge in [-0.1, -0.05) is 60.6 Å². The molecule has 1 atom stereocenters. The second-order valence-electron chi connectivity index (χ2n) is 8.81. The summed E-state index contributed by atoms with van der Waals surface area (Å²) in [7, 11) is 1.66. The molecule has 0 bridgehead atoms. The van der Waals surface area contributed by atoms with Gasteiger partial charge in [0.2, 0.25) is 5.82 Å². The van der Waals surface area contributed by atoms with E-state index in [1.165, 1.54) is 5.56 Å². The molecule has 3 aromatic carbocycles. The number of aryl methyl sites for hydroxylation is 2. The number of anilines is 1. The summed E-state index contributed by atoms with van der Waals surface area (Å²) in [5.74, 6) is 1.76. The molecule has 1 aliphatic rings. The van der Waals surface area contributed by atoms with Gasteiger partial charge in [-0.05, 0) is 73.4 Å². The first-order valence-corrected chi connectivity index (χ1v) is 12.3. The average Bonchev–Trinajstić information content (AvgIpc) is 3.38. The summed E-state index contributed by atoms with van der Waals surface area (Å²) in [5.41, 5.74) is 7.07. The number of thiocarbonyl (C=S) groups is 1. The zero-order valence-electron chi connectivity index (χ0n) is 20.8. The summed E-state index contributed by atoms with van der Waals surface area (Å²) >= 11 is 5.86. The molecule has 0 fully saturated rings. The van der Waals surface area contributed by atoms with Crippen molar-refractivity contribution < 1.29 is 9.26 Å². The van der Waals surface area contributed by atoms with Crippen molar-refractivity contribution in [3.05, 3.63) is 101 Å². The van der Waals surface area contributed by atoms with Gasteiger partial charge >= 0.3 is 0 Å². The number of ether oxygens (including phenoxy) is 1. The molecule has 0 saturated carbocycles. The highest BCUT2D eigenvalue weighted by Crippen LogP contribution is 2.40. The quantitative estimate of drug-likeness (QED) is 0.306. The van der Waals surface area contributed by atoms with Crippen molar-refractivity contribution in [1.29, 1.82) is 0 Å². The van der Waals surface area contributed by atoms with Crippen LogP contribution in [0.4, 0.5) is 5.69 Å². The van der Waals surface area contributed by atoms with Gasteiger partial charge in [0.25, 0.3) is 5.89 Å². The highest BCUT2D eigenvalue weighted by Gasteiger charge is 2.35. The van der Waals surface area contributed by atoms with Crippen LogP contribution < -0.4 is 15.0 Å². The number of nitrogens with zero attached hydrogens (tertiary/aromatic N) is 3. The van der Waals surface area contributed by atoms with Gasteiger partial charge < -0.3 is 14.6 Å². The van der Waals surface area contributed by atoms with Crippen molar-refractivity contribution in [2.75, 3.05) is 12.0 Å². The molecule has 1 aromatic heterocycles. The van der Waals surface area contributed by atoms with E-state index in [4.69, 9.17) is 26.5 Å². The Kier molecular flexibility index (Phi) is 6.57. The molecule has 1 N–H and O–H groups in total. The van der Waals surface area contributed by atoms with E-state index in [9.17, 15) is 0 Å². The predicted octanol–water partition coefficient (Wildman–Crippen LogP) is 6.48. The average molecular weight is 497 g/mol. The normalized spacial score (nSPS) is 15.7. The van der Waals surface area contributed by atoms with Crippen molar-refractivity contribution in [2.24, 2.45) is 0 Å². The lowest BCUT2D eigenvalue weighted by molar-refractivity contribution is 0.403. The Hall–Kier alpha value is -3.97. The molecule has 182 valence electrons. The lowest BCUT2D eigenvalue weighted by atomic mass is 9.94. The SMILES string of the molecule is CCc1ccc(-c2noc(C3=C(C)N(c4cccc(C)c4)C(=S)NC3c3cccc(OC)c3)n2)cc1. The summed E-state index contributed by atoms with van der Waals surface area (Å²) in [6, 6.07) is 24.1. The van der Waals surface area contributed by atoms with E-state index in [0.29, 0.717) is 16.8 Å². The molecule has 0 saturated heterocycles. The number of allylic oxidation sites excluding steroid dienone is 1. The van der Waals surface area contributed by atoms with Crippen LogP contribution >= 0.6 is 12.2 Å². The first kappa shape index (κ1) is 23.8. The zero-order chi connectivity index (χ0) is 25.2. The first-order chi connectivity index (χ1) is 17.5. The summed E-state index contributed by atoms with van der Waals surface area (Å²) < 4.78 is 11.4. The fourth-order valence-corrected chi connectivity index (χ4v) is 4.87. The molecule has 4 aromatic rings. The van der Waals surface area contributed by atoms with Crippen LogP contribution in [0.3, 0.4) is 0 Å². The number of hydrogen-bond acceptors (Lipinski definition) is 5. The maximum Gasteiger partial charge on any atom is 0.258 e. The molecule has 2 heterocycles. The van der Waals surface area contributed by atoms with Gasteiger partial charge in [-0.15, -0.1) is 0 Å². The van der Waals surface area contributed by atoms with Crippen LogP contribution in [0.2, 0.25) is 0 Å². The maximum absolute atomic E-state index is 5.88. The van der Waals surface area contributed by atoms with Crippen molar-refractivity contribution in [3.8, 4) is 17.1 Å². The van der Waals surface area contributed by atoms with Gasteiger partial charge in [-0.3, -0.25) is 4.90 Å². The minimum atomic E-state index is -0.288. The number of hydrogen-bond donors (Lipinski definition) is 1. The van der Waals surface area contributed by atoms with Gasteiger partial charge in [0.1, 0.15) is 5.75 Å². The molecule has 0 aliphatic carbocycles. The van der Waals surface area contributed by atoms with E-state index in [0.717, 1.165) is 45.8 Å². The van der Waals surface area contributed by atoms with Gasteiger partial charge in [0, 0.05) is 16.9 Å². The van der Waals surface area contributed by atoms with Crippen LogP contribution in [0.15, 0.2) is 83.0 Å². The number of rotatable bonds is 6. The van der Waals surface area contributed by atoms with E-state index < -0.39 is 0 Å². The van der Waals surface area contributed by atoms with Gasteiger partial charge in [-0.2, -0.15) is 4.98 Å². The number of aromatic nitrogens is 2. The van der Waals surface area contributed by atoms with Crippen molar-refractivity contribution in [3.63, 3.8) is 0 Å². The van der Waals surface area contributed by atoms with Gasteiger partial charge in [0.15, 0.2) is 5.11 Å². The largest absolute Gasteiger partial charge is 0.497 e. The van der Waals surface area contributed by atoms with Crippen molar-refractivity contribution in [1.82, 2.24) is 15.5 Å². The Bertz CT molecular complexity index is 1440. The van der Waals surface area contributed by atoms with Crippen LogP contribution in [0.5, 0.6) is 5.75 Å². The van der Waals surface area contributed by atoms with Crippen LogP contribution in [0.1, 0.15) is 42.5 Å². The summed E-state index contributed by atoms with van der Waals surface area (Å²) in [6.07, 6.45) is 0.979. The predicted molar refractivity (Wildman–Crippen MR) is 147 cm³/mol. The second kappa shape index (κ2) is 9.95. The van der Waals surface area contributed by atoms with Crippen molar-refractivity contribution in [2.45, 2.75) is 33.2 Å². The Balaban J connectivity index is 1.64. The zero-order valence-corrected chi connectivity index (χ0v) is 21.6. The minimum absolute atomic E-state index is 0.288. The third-order valence-electron chi connectivity index (χ3n) is 6.45. The number of methoxy groups -OCH3 is 1. The fourth-order valence-electron chi connectivity index (χ4n) is 4.51. The molecular formula is C29H28N4O2S. The first-order valence-electron chi connectivity index (χ1n) is 11.9. The number of benzene rings is 3. The molecule has 6 nitrogen and oxygen atoms in total. The van der Waals surface area contributed by atoms with E-state index in [-0.39, 0.29) is 6.04 Å². The molecule has 1 aliphatic heterocycles. The molecule has 5 rings (SSSR count). The third-order valence-corrected chi connectivity index (χ3v) is 6.75. The van der Waals surface area contributed by atoms with Crippen LogP contribution in [-0.2, 0) is 6.42 Å². The topological polar surface area (TPSA) is 63.4 Å². The summed E-state index contributed by atoms with van der Waals surface area (Å²) in [5, 5.41) is 8.43. The fraction of sp³-hybridized carbons (Fsp3) is 0.207. The van der Waals surface area contributed by atoms with E-state index >= 15 is 0 Å². The van der Waals surface area contributed by atoms with E-state index in [1.807, 2.05) is 60.4 Å². The third kappa shape index (κ3) is 4.50. The highest BCUT2D eigenvalue weighted by molar-refractivity contribution is 7.80. The lowest BCUT2D eigenvalue weighted by Crippen LogP contribution is -2.46. The van der Waals surface area contributed by atoms with E-state index in [1.54, 1.807) is 7.11 Å². The smallest absolute Gasteiger partial charge is 0.258 e. The monoisotopic (exact) mass is 496 g/mol. The van der Waals surface area contributed by atoms with Gasteiger partial charge in [-0.25, -0.2) is 0 Å². The molecule has 1 unspecified atom stereocenters. The molecule has 0 amide bonds. The summed E-state index contributed by atoms with van der Waals surface area (Å²) in [4.78, 5) is 6.84.